The van der Waals surface area contributed by atoms with Gasteiger partial charge in [-0.3, -0.25) is 0 Å². The van der Waals surface area contributed by atoms with E-state index in [4.69, 9.17) is 9.94 Å². The third-order valence-electron chi connectivity index (χ3n) is 1.75. The van der Waals surface area contributed by atoms with E-state index in [9.17, 15) is 0 Å². The first-order valence-electron chi connectivity index (χ1n) is 3.28. The molecule has 0 aromatic rings. The molecule has 0 saturated carbocycles. The van der Waals surface area contributed by atoms with E-state index in [0.29, 0.717) is 6.54 Å². The van der Waals surface area contributed by atoms with Crippen molar-refractivity contribution in [3.05, 3.63) is 0 Å². The fourth-order valence-corrected chi connectivity index (χ4v) is 1.14. The number of hydrogen-bond donors (Lipinski definition) is 2. The van der Waals surface area contributed by atoms with Gasteiger partial charge >= 0.3 is 0 Å². The molecule has 0 amide bonds. The lowest BCUT2D eigenvalue weighted by molar-refractivity contribution is -0.00823. The fraction of sp³-hybridized carbons (Fsp3) is 1.00. The minimum Gasteiger partial charge on any atom is -0.374 e. The first-order chi connectivity index (χ1) is 4.27. The van der Waals surface area contributed by atoms with Crippen LogP contribution in [0.15, 0.2) is 0 Å². The topological polar surface area (TPSA) is 41.5 Å². The molecule has 1 heterocycles. The smallest absolute Gasteiger partial charge is 0.0802 e. The molecule has 3 heteroatoms. The van der Waals surface area contributed by atoms with E-state index in [-0.39, 0.29) is 5.60 Å². The maximum atomic E-state index is 8.36. The molecule has 2 N–H and O–H groups in total. The summed E-state index contributed by atoms with van der Waals surface area (Å²) in [6.07, 6.45) is 2.15. The first-order valence-corrected chi connectivity index (χ1v) is 3.28. The van der Waals surface area contributed by atoms with Crippen LogP contribution in [0.2, 0.25) is 0 Å². The van der Waals surface area contributed by atoms with Crippen LogP contribution in [-0.4, -0.2) is 24.0 Å². The van der Waals surface area contributed by atoms with Crippen LogP contribution in [0.5, 0.6) is 0 Å². The predicted molar refractivity (Wildman–Crippen MR) is 33.4 cm³/mol. The largest absolute Gasteiger partial charge is 0.374 e. The van der Waals surface area contributed by atoms with Gasteiger partial charge in [-0.1, -0.05) is 0 Å². The zero-order valence-electron chi connectivity index (χ0n) is 5.68. The van der Waals surface area contributed by atoms with Gasteiger partial charge in [-0.2, -0.15) is 0 Å². The quantitative estimate of drug-likeness (QED) is 0.537. The maximum absolute atomic E-state index is 8.36. The van der Waals surface area contributed by atoms with Crippen LogP contribution in [0.4, 0.5) is 0 Å². The summed E-state index contributed by atoms with van der Waals surface area (Å²) in [5.41, 5.74) is 2.01. The lowest BCUT2D eigenvalue weighted by Gasteiger charge is -2.21. The Morgan fingerprint density at radius 3 is 3.00 bits per heavy atom. The number of ether oxygens (including phenoxy) is 1. The number of hydroxylamine groups is 1. The molecule has 0 spiro atoms. The second-order valence-corrected chi connectivity index (χ2v) is 2.74. The van der Waals surface area contributed by atoms with Crippen LogP contribution in [0.3, 0.4) is 0 Å². The molecule has 1 aliphatic heterocycles. The first kappa shape index (κ1) is 6.99. The van der Waals surface area contributed by atoms with Crippen molar-refractivity contribution in [2.75, 3.05) is 13.2 Å². The number of nitrogens with one attached hydrogen (secondary N) is 1. The van der Waals surface area contributed by atoms with E-state index < -0.39 is 0 Å². The molecule has 1 atom stereocenters. The van der Waals surface area contributed by atoms with Crippen molar-refractivity contribution in [2.24, 2.45) is 0 Å². The third kappa shape index (κ3) is 1.64. The summed E-state index contributed by atoms with van der Waals surface area (Å²) < 4.78 is 5.36. The Morgan fingerprint density at radius 1 is 1.78 bits per heavy atom. The van der Waals surface area contributed by atoms with E-state index in [2.05, 4.69) is 5.48 Å². The second kappa shape index (κ2) is 2.64. The molecular formula is C6H13NO2. The van der Waals surface area contributed by atoms with E-state index in [1.807, 2.05) is 6.92 Å². The van der Waals surface area contributed by atoms with Crippen molar-refractivity contribution >= 4 is 0 Å². The Morgan fingerprint density at radius 2 is 2.56 bits per heavy atom. The summed E-state index contributed by atoms with van der Waals surface area (Å²) in [6, 6.07) is 0. The standard InChI is InChI=1S/C6H13NO2/c1-6(5-7-8)3-2-4-9-6/h7-8H,2-5H2,1H3. The van der Waals surface area contributed by atoms with Gasteiger partial charge in [0.25, 0.3) is 0 Å². The van der Waals surface area contributed by atoms with Gasteiger partial charge in [-0.25, -0.2) is 5.48 Å². The molecule has 1 saturated heterocycles. The highest BCUT2D eigenvalue weighted by Gasteiger charge is 2.28. The van der Waals surface area contributed by atoms with Crippen LogP contribution in [0.25, 0.3) is 0 Å². The average Bonchev–Trinajstić information content (AvgIpc) is 2.16. The molecule has 0 aromatic heterocycles. The van der Waals surface area contributed by atoms with Crippen molar-refractivity contribution in [2.45, 2.75) is 25.4 Å². The van der Waals surface area contributed by atoms with Crippen molar-refractivity contribution < 1.29 is 9.94 Å². The summed E-state index contributed by atoms with van der Waals surface area (Å²) in [5, 5.41) is 8.36. The highest BCUT2D eigenvalue weighted by Crippen LogP contribution is 2.23. The molecule has 1 fully saturated rings. The van der Waals surface area contributed by atoms with E-state index in [0.717, 1.165) is 19.4 Å². The Kier molecular flexibility index (Phi) is 2.05. The third-order valence-corrected chi connectivity index (χ3v) is 1.75. The predicted octanol–water partition coefficient (Wildman–Crippen LogP) is 0.534. The number of hydrogen-bond acceptors (Lipinski definition) is 3. The fourth-order valence-electron chi connectivity index (χ4n) is 1.14. The summed E-state index contributed by atoms with van der Waals surface area (Å²) in [5.74, 6) is 0. The lowest BCUT2D eigenvalue weighted by Crippen LogP contribution is -2.35. The molecule has 1 unspecified atom stereocenters. The van der Waals surface area contributed by atoms with Gasteiger partial charge in [-0.15, -0.1) is 0 Å². The monoisotopic (exact) mass is 131 g/mol. The van der Waals surface area contributed by atoms with E-state index in [1.54, 1.807) is 0 Å². The summed E-state index contributed by atoms with van der Waals surface area (Å²) in [7, 11) is 0. The molecule has 9 heavy (non-hydrogen) atoms. The molecule has 0 bridgehead atoms. The van der Waals surface area contributed by atoms with E-state index >= 15 is 0 Å². The normalized spacial score (nSPS) is 35.3. The molecule has 3 nitrogen and oxygen atoms in total. The highest BCUT2D eigenvalue weighted by atomic mass is 16.5. The minimum absolute atomic E-state index is 0.116. The van der Waals surface area contributed by atoms with Gasteiger partial charge in [0.1, 0.15) is 0 Å². The average molecular weight is 131 g/mol. The summed E-state index contributed by atoms with van der Waals surface area (Å²) in [4.78, 5) is 0. The lowest BCUT2D eigenvalue weighted by atomic mass is 10.0. The van der Waals surface area contributed by atoms with Crippen LogP contribution in [0, 0.1) is 0 Å². The zero-order chi connectivity index (χ0) is 6.74. The molecule has 1 rings (SSSR count). The van der Waals surface area contributed by atoms with Crippen LogP contribution < -0.4 is 5.48 Å². The van der Waals surface area contributed by atoms with Gasteiger partial charge in [0.15, 0.2) is 0 Å². The van der Waals surface area contributed by atoms with Crippen LogP contribution >= 0.6 is 0 Å². The zero-order valence-corrected chi connectivity index (χ0v) is 5.68. The SMILES string of the molecule is CC1(CNO)CCCO1. The summed E-state index contributed by atoms with van der Waals surface area (Å²) in [6.45, 7) is 3.37. The Bertz CT molecular complexity index is 89.1. The Hall–Kier alpha value is -0.120. The van der Waals surface area contributed by atoms with Crippen molar-refractivity contribution in [1.29, 1.82) is 0 Å². The van der Waals surface area contributed by atoms with Gasteiger partial charge in [0, 0.05) is 13.2 Å². The van der Waals surface area contributed by atoms with Gasteiger partial charge in [0.2, 0.25) is 0 Å². The van der Waals surface area contributed by atoms with Gasteiger partial charge < -0.3 is 9.94 Å². The van der Waals surface area contributed by atoms with Crippen molar-refractivity contribution in [3.63, 3.8) is 0 Å². The van der Waals surface area contributed by atoms with Gasteiger partial charge in [0.05, 0.1) is 5.60 Å². The minimum atomic E-state index is -0.116. The molecule has 0 radical (unpaired) electrons. The molecular weight excluding hydrogens is 118 g/mol. The maximum Gasteiger partial charge on any atom is 0.0802 e. The van der Waals surface area contributed by atoms with Crippen molar-refractivity contribution in [1.82, 2.24) is 5.48 Å². The van der Waals surface area contributed by atoms with Crippen LogP contribution in [-0.2, 0) is 4.74 Å². The van der Waals surface area contributed by atoms with Gasteiger partial charge in [-0.05, 0) is 19.8 Å². The number of rotatable bonds is 2. The highest BCUT2D eigenvalue weighted by molar-refractivity contribution is 4.80. The van der Waals surface area contributed by atoms with Crippen LogP contribution in [0.1, 0.15) is 19.8 Å². The molecule has 0 aromatic carbocycles. The Balaban J connectivity index is 2.32. The summed E-state index contributed by atoms with van der Waals surface area (Å²) >= 11 is 0. The molecule has 1 aliphatic rings. The molecule has 54 valence electrons. The van der Waals surface area contributed by atoms with E-state index in [1.165, 1.54) is 0 Å². The van der Waals surface area contributed by atoms with Crippen molar-refractivity contribution in [3.8, 4) is 0 Å². The molecule has 0 aliphatic carbocycles. The second-order valence-electron chi connectivity index (χ2n) is 2.74. The Labute approximate surface area is 55.0 Å².